The number of aliphatic carboxylic acids is 1. The summed E-state index contributed by atoms with van der Waals surface area (Å²) in [6.07, 6.45) is 5.80. The van der Waals surface area contributed by atoms with Crippen molar-refractivity contribution in [2.24, 2.45) is 0 Å². The first-order valence-electron chi connectivity index (χ1n) is 9.50. The van der Waals surface area contributed by atoms with Gasteiger partial charge in [0.2, 0.25) is 0 Å². The number of hydrogen-bond donors (Lipinski definition) is 2. The van der Waals surface area contributed by atoms with Crippen molar-refractivity contribution in [2.75, 3.05) is 7.05 Å². The second-order valence-corrected chi connectivity index (χ2v) is 8.50. The maximum absolute atomic E-state index is 13.3. The highest BCUT2D eigenvalue weighted by molar-refractivity contribution is 7.90. The van der Waals surface area contributed by atoms with Crippen LogP contribution in [0, 0.1) is 0 Å². The van der Waals surface area contributed by atoms with Gasteiger partial charge in [0.05, 0.1) is 5.69 Å². The number of carboxylic acids is 1. The summed E-state index contributed by atoms with van der Waals surface area (Å²) in [7, 11) is -2.18. The lowest BCUT2D eigenvalue weighted by atomic mass is 10.0. The number of aromatic nitrogens is 2. The highest BCUT2D eigenvalue weighted by atomic mass is 32.2. The Hall–Kier alpha value is -3.76. The summed E-state index contributed by atoms with van der Waals surface area (Å²) in [5.74, 6) is -2.09. The molecule has 0 spiro atoms. The number of benzene rings is 1. The largest absolute Gasteiger partial charge is 0.478 e. The number of carbonyl (C=O) groups excluding carboxylic acids is 1. The molecule has 1 aromatic carbocycles. The molecule has 0 aliphatic heterocycles. The Morgan fingerprint density at radius 3 is 2.66 bits per heavy atom. The molecule has 0 atom stereocenters. The number of pyridine rings is 1. The van der Waals surface area contributed by atoms with E-state index in [0.717, 1.165) is 11.6 Å². The van der Waals surface area contributed by atoms with Gasteiger partial charge in [0.1, 0.15) is 11.5 Å². The predicted octanol–water partition coefficient (Wildman–Crippen LogP) is 2.19. The maximum atomic E-state index is 13.3. The van der Waals surface area contributed by atoms with Crippen LogP contribution >= 0.6 is 0 Å². The average Bonchev–Trinajstić information content (AvgIpc) is 3.22. The second kappa shape index (κ2) is 10.0. The number of hydrogen-bond acceptors (Lipinski definition) is 7. The van der Waals surface area contributed by atoms with E-state index in [4.69, 9.17) is 9.84 Å². The molecule has 0 aliphatic rings. The Kier molecular flexibility index (Phi) is 7.18. The van der Waals surface area contributed by atoms with Crippen LogP contribution in [0.4, 0.5) is 0 Å². The van der Waals surface area contributed by atoms with Gasteiger partial charge in [-0.15, -0.1) is 0 Å². The fourth-order valence-corrected chi connectivity index (χ4v) is 4.39. The van der Waals surface area contributed by atoms with E-state index in [1.54, 1.807) is 43.4 Å². The van der Waals surface area contributed by atoms with Crippen molar-refractivity contribution in [3.63, 3.8) is 0 Å². The van der Waals surface area contributed by atoms with Crippen LogP contribution in [-0.2, 0) is 37.5 Å². The molecule has 0 saturated carbocycles. The minimum absolute atomic E-state index is 0.0376. The fraction of sp³-hybridized carbons (Fsp3) is 0.136. The minimum atomic E-state index is -3.94. The van der Waals surface area contributed by atoms with Gasteiger partial charge in [-0.3, -0.25) is 4.98 Å². The molecule has 0 aliphatic carbocycles. The highest BCUT2D eigenvalue weighted by Crippen LogP contribution is 2.30. The Labute approximate surface area is 185 Å². The van der Waals surface area contributed by atoms with Crippen LogP contribution in [-0.4, -0.2) is 41.5 Å². The zero-order chi connectivity index (χ0) is 23.1. The van der Waals surface area contributed by atoms with Gasteiger partial charge >= 0.3 is 11.9 Å². The van der Waals surface area contributed by atoms with Crippen molar-refractivity contribution in [3.8, 4) is 11.3 Å². The van der Waals surface area contributed by atoms with Crippen molar-refractivity contribution in [1.82, 2.24) is 14.3 Å². The van der Waals surface area contributed by atoms with Crippen LogP contribution in [0.1, 0.15) is 11.1 Å². The molecule has 0 bridgehead atoms. The van der Waals surface area contributed by atoms with Crippen LogP contribution < -0.4 is 5.32 Å². The van der Waals surface area contributed by atoms with Crippen LogP contribution in [0.3, 0.4) is 0 Å². The average molecular weight is 455 g/mol. The van der Waals surface area contributed by atoms with Crippen molar-refractivity contribution in [3.05, 3.63) is 84.3 Å². The first-order valence-corrected chi connectivity index (χ1v) is 10.9. The molecule has 3 rings (SSSR count). The monoisotopic (exact) mass is 455 g/mol. The molecule has 166 valence electrons. The van der Waals surface area contributed by atoms with Gasteiger partial charge < -0.3 is 15.2 Å². The lowest BCUT2D eigenvalue weighted by Crippen LogP contribution is -2.14. The Balaban J connectivity index is 2.03. The van der Waals surface area contributed by atoms with Crippen molar-refractivity contribution in [1.29, 1.82) is 0 Å². The van der Waals surface area contributed by atoms with Crippen molar-refractivity contribution in [2.45, 2.75) is 18.0 Å². The number of esters is 1. The van der Waals surface area contributed by atoms with E-state index in [1.807, 2.05) is 0 Å². The van der Waals surface area contributed by atoms with Gasteiger partial charge in [-0.1, -0.05) is 24.3 Å². The van der Waals surface area contributed by atoms with E-state index >= 15 is 0 Å². The summed E-state index contributed by atoms with van der Waals surface area (Å²) in [5.41, 5.74) is 2.25. The molecule has 3 aromatic rings. The third-order valence-corrected chi connectivity index (χ3v) is 6.10. The quantitative estimate of drug-likeness (QED) is 0.371. The zero-order valence-corrected chi connectivity index (χ0v) is 18.0. The predicted molar refractivity (Wildman–Crippen MR) is 116 cm³/mol. The summed E-state index contributed by atoms with van der Waals surface area (Å²) >= 11 is 0. The number of carbonyl (C=O) groups is 2. The van der Waals surface area contributed by atoms with Crippen molar-refractivity contribution >= 4 is 22.0 Å². The SMILES string of the molecule is CNCc1cc(-c2ccccc2COC(=O)C=CC(=O)O)n(S(=O)(=O)c2cccnc2)c1. The molecule has 0 unspecified atom stereocenters. The zero-order valence-electron chi connectivity index (χ0n) is 17.1. The van der Waals surface area contributed by atoms with Gasteiger partial charge in [0, 0.05) is 42.9 Å². The molecule has 0 fully saturated rings. The first-order chi connectivity index (χ1) is 15.3. The second-order valence-electron chi connectivity index (χ2n) is 6.69. The van der Waals surface area contributed by atoms with E-state index < -0.39 is 22.0 Å². The molecule has 0 radical (unpaired) electrons. The molecule has 10 heteroatoms. The normalized spacial score (nSPS) is 11.5. The third-order valence-electron chi connectivity index (χ3n) is 4.44. The van der Waals surface area contributed by atoms with Gasteiger partial charge in [-0.25, -0.2) is 22.0 Å². The van der Waals surface area contributed by atoms with Crippen LogP contribution in [0.25, 0.3) is 11.3 Å². The first kappa shape index (κ1) is 22.9. The molecule has 2 N–H and O–H groups in total. The third kappa shape index (κ3) is 5.29. The Morgan fingerprint density at radius 1 is 1.19 bits per heavy atom. The Bertz CT molecular complexity index is 1250. The molecular formula is C22H21N3O6S. The van der Waals surface area contributed by atoms with E-state index in [0.29, 0.717) is 29.4 Å². The van der Waals surface area contributed by atoms with E-state index in [9.17, 15) is 18.0 Å². The molecular weight excluding hydrogens is 434 g/mol. The standard InChI is InChI=1S/C22H21N3O6S/c1-23-12-16-11-20(25(14-16)32(29,30)18-6-4-10-24-13-18)19-7-3-2-5-17(19)15-31-22(28)9-8-21(26)27/h2-11,13-14,23H,12,15H2,1H3,(H,26,27). The number of carboxylic acid groups (broad SMARTS) is 1. The fourth-order valence-electron chi connectivity index (χ4n) is 3.04. The van der Waals surface area contributed by atoms with E-state index in [2.05, 4.69) is 10.3 Å². The summed E-state index contributed by atoms with van der Waals surface area (Å²) in [6.45, 7) is 0.276. The molecule has 0 saturated heterocycles. The number of nitrogens with one attached hydrogen (secondary N) is 1. The minimum Gasteiger partial charge on any atom is -0.478 e. The highest BCUT2D eigenvalue weighted by Gasteiger charge is 2.23. The van der Waals surface area contributed by atoms with Crippen LogP contribution in [0.5, 0.6) is 0 Å². The smallest absolute Gasteiger partial charge is 0.331 e. The number of nitrogens with zero attached hydrogens (tertiary/aromatic N) is 2. The van der Waals surface area contributed by atoms with E-state index in [1.165, 1.54) is 28.6 Å². The van der Waals surface area contributed by atoms with Crippen molar-refractivity contribution < 1.29 is 27.9 Å². The summed E-state index contributed by atoms with van der Waals surface area (Å²) < 4.78 is 33.0. The summed E-state index contributed by atoms with van der Waals surface area (Å²) in [4.78, 5) is 26.3. The lowest BCUT2D eigenvalue weighted by Gasteiger charge is -2.13. The van der Waals surface area contributed by atoms with Gasteiger partial charge in [-0.2, -0.15) is 0 Å². The topological polar surface area (TPSA) is 128 Å². The molecule has 2 aromatic heterocycles. The molecule has 9 nitrogen and oxygen atoms in total. The number of rotatable bonds is 9. The maximum Gasteiger partial charge on any atom is 0.331 e. The molecule has 32 heavy (non-hydrogen) atoms. The molecule has 0 amide bonds. The lowest BCUT2D eigenvalue weighted by molar-refractivity contribution is -0.139. The molecule has 2 heterocycles. The van der Waals surface area contributed by atoms with Crippen LogP contribution in [0.2, 0.25) is 0 Å². The summed E-state index contributed by atoms with van der Waals surface area (Å²) in [5, 5.41) is 11.6. The van der Waals surface area contributed by atoms with Gasteiger partial charge in [0.25, 0.3) is 10.0 Å². The van der Waals surface area contributed by atoms with Crippen LogP contribution in [0.15, 0.2) is 78.1 Å². The van der Waals surface area contributed by atoms with Gasteiger partial charge in [0.15, 0.2) is 0 Å². The number of ether oxygens (including phenoxy) is 1. The summed E-state index contributed by atoms with van der Waals surface area (Å²) in [6, 6.07) is 11.7. The Morgan fingerprint density at radius 2 is 1.97 bits per heavy atom. The van der Waals surface area contributed by atoms with Gasteiger partial charge in [-0.05, 0) is 36.4 Å². The van der Waals surface area contributed by atoms with E-state index in [-0.39, 0.29) is 11.5 Å².